The maximum atomic E-state index is 11.4. The van der Waals surface area contributed by atoms with E-state index in [9.17, 15) is 4.79 Å². The van der Waals surface area contributed by atoms with Crippen molar-refractivity contribution in [2.24, 2.45) is 0 Å². The first-order valence-corrected chi connectivity index (χ1v) is 8.78. The number of para-hydroxylation sites is 1. The molecule has 0 bridgehead atoms. The van der Waals surface area contributed by atoms with Crippen LogP contribution in [0.4, 0.5) is 0 Å². The molecule has 0 radical (unpaired) electrons. The summed E-state index contributed by atoms with van der Waals surface area (Å²) in [6.07, 6.45) is 7.23. The summed E-state index contributed by atoms with van der Waals surface area (Å²) < 4.78 is 17.4. The highest BCUT2D eigenvalue weighted by Crippen LogP contribution is 2.39. The molecular weight excluding hydrogens is 292 g/mol. The van der Waals surface area contributed by atoms with E-state index in [1.807, 2.05) is 18.2 Å². The average molecular weight is 318 g/mol. The number of hydrogen-bond donors (Lipinski definition) is 0. The number of esters is 1. The van der Waals surface area contributed by atoms with E-state index in [-0.39, 0.29) is 24.3 Å². The van der Waals surface area contributed by atoms with Gasteiger partial charge in [-0.05, 0) is 38.2 Å². The van der Waals surface area contributed by atoms with Crippen molar-refractivity contribution in [3.8, 4) is 5.75 Å². The second-order valence-electron chi connectivity index (χ2n) is 6.49. The quantitative estimate of drug-likeness (QED) is 0.781. The van der Waals surface area contributed by atoms with Crippen LogP contribution in [0.1, 0.15) is 63.4 Å². The van der Waals surface area contributed by atoms with Gasteiger partial charge in [-0.25, -0.2) is 0 Å². The molecule has 23 heavy (non-hydrogen) atoms. The van der Waals surface area contributed by atoms with E-state index in [2.05, 4.69) is 6.07 Å². The summed E-state index contributed by atoms with van der Waals surface area (Å²) >= 11 is 0. The predicted octanol–water partition coefficient (Wildman–Crippen LogP) is 4.18. The van der Waals surface area contributed by atoms with Gasteiger partial charge in [-0.2, -0.15) is 0 Å². The average Bonchev–Trinajstić information content (AvgIpc) is 2.56. The van der Waals surface area contributed by atoms with Crippen molar-refractivity contribution in [3.63, 3.8) is 0 Å². The first-order valence-electron chi connectivity index (χ1n) is 8.78. The number of benzene rings is 1. The molecular formula is C19H26O4. The minimum absolute atomic E-state index is 0.0433. The molecule has 1 aromatic rings. The fourth-order valence-corrected chi connectivity index (χ4v) is 3.65. The standard InChI is InChI=1S/C19H26O4/c1-14(20)22-17-10-4-2-8-15(17)16-9-3-5-11-18(16)23-19-12-6-7-13-21-19/h3,5,9,11,15,17,19H,2,4,6-8,10,12-13H2,1H3/t15-,17+,19?/m0/s1. The summed E-state index contributed by atoms with van der Waals surface area (Å²) in [5.74, 6) is 0.895. The second kappa shape index (κ2) is 7.82. The van der Waals surface area contributed by atoms with E-state index in [0.29, 0.717) is 0 Å². The number of carbonyl (C=O) groups excluding carboxylic acids is 1. The topological polar surface area (TPSA) is 44.8 Å². The largest absolute Gasteiger partial charge is 0.465 e. The third kappa shape index (κ3) is 4.25. The van der Waals surface area contributed by atoms with Gasteiger partial charge in [0.1, 0.15) is 11.9 Å². The maximum Gasteiger partial charge on any atom is 0.302 e. The van der Waals surface area contributed by atoms with Gasteiger partial charge >= 0.3 is 5.97 Å². The van der Waals surface area contributed by atoms with E-state index in [4.69, 9.17) is 14.2 Å². The van der Waals surface area contributed by atoms with Gasteiger partial charge in [-0.3, -0.25) is 4.79 Å². The zero-order valence-corrected chi connectivity index (χ0v) is 13.8. The van der Waals surface area contributed by atoms with Crippen molar-refractivity contribution in [2.75, 3.05) is 6.61 Å². The summed E-state index contributed by atoms with van der Waals surface area (Å²) in [7, 11) is 0. The summed E-state index contributed by atoms with van der Waals surface area (Å²) in [5.41, 5.74) is 1.15. The summed E-state index contributed by atoms with van der Waals surface area (Å²) in [5, 5.41) is 0. The van der Waals surface area contributed by atoms with Crippen molar-refractivity contribution in [1.29, 1.82) is 0 Å². The van der Waals surface area contributed by atoms with Crippen molar-refractivity contribution in [1.82, 2.24) is 0 Å². The Balaban J connectivity index is 1.78. The van der Waals surface area contributed by atoms with E-state index in [1.54, 1.807) is 0 Å². The normalized spacial score (nSPS) is 28.1. The van der Waals surface area contributed by atoms with Crippen molar-refractivity contribution >= 4 is 5.97 Å². The van der Waals surface area contributed by atoms with Crippen LogP contribution in [0.2, 0.25) is 0 Å². The van der Waals surface area contributed by atoms with Crippen LogP contribution >= 0.6 is 0 Å². The number of hydrogen-bond acceptors (Lipinski definition) is 4. The Morgan fingerprint density at radius 2 is 1.87 bits per heavy atom. The fourth-order valence-electron chi connectivity index (χ4n) is 3.65. The van der Waals surface area contributed by atoms with Gasteiger partial charge in [0.15, 0.2) is 6.29 Å². The lowest BCUT2D eigenvalue weighted by atomic mass is 9.81. The lowest BCUT2D eigenvalue weighted by Crippen LogP contribution is -2.29. The molecule has 1 aliphatic heterocycles. The van der Waals surface area contributed by atoms with Crippen molar-refractivity contribution in [3.05, 3.63) is 29.8 Å². The lowest BCUT2D eigenvalue weighted by Gasteiger charge is -2.33. The van der Waals surface area contributed by atoms with E-state index in [0.717, 1.165) is 62.9 Å². The molecule has 3 atom stereocenters. The molecule has 4 heteroatoms. The molecule has 126 valence electrons. The van der Waals surface area contributed by atoms with Crippen LogP contribution in [-0.4, -0.2) is 25.0 Å². The van der Waals surface area contributed by atoms with Gasteiger partial charge < -0.3 is 14.2 Å². The molecule has 1 saturated heterocycles. The summed E-state index contributed by atoms with van der Waals surface area (Å²) in [4.78, 5) is 11.4. The molecule has 4 nitrogen and oxygen atoms in total. The maximum absolute atomic E-state index is 11.4. The van der Waals surface area contributed by atoms with Crippen molar-refractivity contribution < 1.29 is 19.0 Å². The molecule has 2 fully saturated rings. The van der Waals surface area contributed by atoms with E-state index < -0.39 is 0 Å². The van der Waals surface area contributed by atoms with Crippen LogP contribution in [0.3, 0.4) is 0 Å². The smallest absolute Gasteiger partial charge is 0.302 e. The Hall–Kier alpha value is -1.55. The Kier molecular flexibility index (Phi) is 5.55. The fraction of sp³-hybridized carbons (Fsp3) is 0.632. The monoisotopic (exact) mass is 318 g/mol. The highest BCUT2D eigenvalue weighted by molar-refractivity contribution is 5.66. The van der Waals surface area contributed by atoms with Gasteiger partial charge in [-0.1, -0.05) is 24.6 Å². The molecule has 0 spiro atoms. The van der Waals surface area contributed by atoms with E-state index in [1.165, 1.54) is 6.92 Å². The van der Waals surface area contributed by atoms with Gasteiger partial charge in [0, 0.05) is 24.8 Å². The minimum Gasteiger partial charge on any atom is -0.465 e. The third-order valence-electron chi connectivity index (χ3n) is 4.73. The predicted molar refractivity (Wildman–Crippen MR) is 87.4 cm³/mol. The van der Waals surface area contributed by atoms with E-state index >= 15 is 0 Å². The van der Waals surface area contributed by atoms with Crippen LogP contribution in [0.15, 0.2) is 24.3 Å². The molecule has 1 aromatic carbocycles. The first-order chi connectivity index (χ1) is 11.2. The van der Waals surface area contributed by atoms with Gasteiger partial charge in [0.05, 0.1) is 6.61 Å². The highest BCUT2D eigenvalue weighted by atomic mass is 16.7. The molecule has 0 N–H and O–H groups in total. The van der Waals surface area contributed by atoms with Gasteiger partial charge in [0.25, 0.3) is 0 Å². The van der Waals surface area contributed by atoms with Crippen LogP contribution in [0.25, 0.3) is 0 Å². The lowest BCUT2D eigenvalue weighted by molar-refractivity contribution is -0.149. The number of ether oxygens (including phenoxy) is 3. The van der Waals surface area contributed by atoms with Crippen LogP contribution in [0, 0.1) is 0 Å². The molecule has 3 rings (SSSR count). The summed E-state index contributed by atoms with van der Waals surface area (Å²) in [6.45, 7) is 2.26. The third-order valence-corrected chi connectivity index (χ3v) is 4.73. The Labute approximate surface area is 138 Å². The first kappa shape index (κ1) is 16.3. The Morgan fingerprint density at radius 3 is 2.65 bits per heavy atom. The molecule has 1 heterocycles. The van der Waals surface area contributed by atoms with Crippen LogP contribution < -0.4 is 4.74 Å². The minimum atomic E-state index is -0.198. The van der Waals surface area contributed by atoms with Crippen LogP contribution in [0.5, 0.6) is 5.75 Å². The van der Waals surface area contributed by atoms with Crippen LogP contribution in [-0.2, 0) is 14.3 Å². The number of carbonyl (C=O) groups is 1. The molecule has 1 aliphatic carbocycles. The highest BCUT2D eigenvalue weighted by Gasteiger charge is 2.31. The van der Waals surface area contributed by atoms with Crippen molar-refractivity contribution in [2.45, 2.75) is 70.2 Å². The molecule has 1 saturated carbocycles. The number of rotatable bonds is 4. The second-order valence-corrected chi connectivity index (χ2v) is 6.49. The summed E-state index contributed by atoms with van der Waals surface area (Å²) in [6, 6.07) is 8.13. The van der Waals surface area contributed by atoms with Gasteiger partial charge in [0.2, 0.25) is 0 Å². The van der Waals surface area contributed by atoms with Gasteiger partial charge in [-0.15, -0.1) is 0 Å². The molecule has 0 amide bonds. The Bertz CT molecular complexity index is 522. The zero-order valence-electron chi connectivity index (χ0n) is 13.8. The zero-order chi connectivity index (χ0) is 16.1. The molecule has 0 aromatic heterocycles. The molecule has 1 unspecified atom stereocenters. The SMILES string of the molecule is CC(=O)O[C@@H]1CCCC[C@H]1c1ccccc1OC1CCCCO1. The molecule has 2 aliphatic rings. The Morgan fingerprint density at radius 1 is 1.09 bits per heavy atom.